The van der Waals surface area contributed by atoms with Crippen LogP contribution in [0.15, 0.2) is 0 Å². The highest BCUT2D eigenvalue weighted by atomic mass is 16.4. The van der Waals surface area contributed by atoms with Crippen molar-refractivity contribution < 1.29 is 14.8 Å². The molecule has 2 bridgehead atoms. The smallest absolute Gasteiger partial charge is 0.426 e. The van der Waals surface area contributed by atoms with E-state index < -0.39 is 13.1 Å². The first-order valence-corrected chi connectivity index (χ1v) is 7.02. The Labute approximate surface area is 107 Å². The minimum atomic E-state index is -1.42. The summed E-state index contributed by atoms with van der Waals surface area (Å²) < 4.78 is 0. The van der Waals surface area contributed by atoms with Crippen LogP contribution in [0.3, 0.4) is 0 Å². The van der Waals surface area contributed by atoms with Crippen LogP contribution in [0.2, 0.25) is 0 Å². The van der Waals surface area contributed by atoms with Gasteiger partial charge in [-0.2, -0.15) is 0 Å². The van der Waals surface area contributed by atoms with Crippen LogP contribution in [0.4, 0.5) is 0 Å². The fraction of sp³-hybridized carbons (Fsp3) is 0.917. The molecule has 3 aliphatic rings. The van der Waals surface area contributed by atoms with Crippen molar-refractivity contribution in [2.24, 2.45) is 23.5 Å². The summed E-state index contributed by atoms with van der Waals surface area (Å²) in [7, 11) is -1.42. The van der Waals surface area contributed by atoms with Crippen molar-refractivity contribution in [3.8, 4) is 0 Å². The lowest BCUT2D eigenvalue weighted by atomic mass is 9.76. The molecule has 2 aliphatic carbocycles. The van der Waals surface area contributed by atoms with E-state index in [1.165, 1.54) is 0 Å². The van der Waals surface area contributed by atoms with Gasteiger partial charge >= 0.3 is 7.12 Å². The summed E-state index contributed by atoms with van der Waals surface area (Å²) in [5, 5.41) is 18.7. The number of fused-ring (bicyclic) bond motifs is 2. The van der Waals surface area contributed by atoms with Gasteiger partial charge in [0.05, 0.1) is 11.9 Å². The summed E-state index contributed by atoms with van der Waals surface area (Å²) in [6.45, 7) is 0.641. The third-order valence-corrected chi connectivity index (χ3v) is 5.19. The number of amides is 1. The standard InChI is InChI=1S/C12H21BN2O3/c14-11-8-4-3-7(6-8)10(11)12(16)15-5-1-2-9(15)13(17)18/h7-11,17-18H,1-6,14H2/t7-,8+,9-,10?,11+/m0/s1. The highest BCUT2D eigenvalue weighted by molar-refractivity contribution is 6.43. The zero-order chi connectivity index (χ0) is 12.9. The Morgan fingerprint density at radius 1 is 1.22 bits per heavy atom. The predicted octanol–water partition coefficient (Wildman–Crippen LogP) is -0.637. The average Bonchev–Trinajstić information content (AvgIpc) is 3.03. The Kier molecular flexibility index (Phi) is 3.12. The van der Waals surface area contributed by atoms with Crippen molar-refractivity contribution >= 4 is 13.0 Å². The van der Waals surface area contributed by atoms with Gasteiger partial charge in [0.2, 0.25) is 5.91 Å². The molecule has 6 heteroatoms. The first-order valence-electron chi connectivity index (χ1n) is 7.02. The number of carbonyl (C=O) groups excluding carboxylic acids is 1. The molecule has 0 radical (unpaired) electrons. The largest absolute Gasteiger partial charge is 0.475 e. The molecular formula is C12H21BN2O3. The summed E-state index contributed by atoms with van der Waals surface area (Å²) in [6.07, 6.45) is 4.87. The SMILES string of the molecule is N[C@H]1C(C(=O)N2CCC[C@H]2B(O)O)[C@H]2CC[C@@H]1C2. The van der Waals surface area contributed by atoms with Crippen LogP contribution in [-0.4, -0.2) is 46.5 Å². The minimum Gasteiger partial charge on any atom is -0.426 e. The van der Waals surface area contributed by atoms with E-state index in [1.54, 1.807) is 4.90 Å². The number of hydrogen-bond acceptors (Lipinski definition) is 4. The van der Waals surface area contributed by atoms with Gasteiger partial charge in [-0.25, -0.2) is 0 Å². The Morgan fingerprint density at radius 2 is 1.94 bits per heavy atom. The van der Waals surface area contributed by atoms with Crippen molar-refractivity contribution in [3.05, 3.63) is 0 Å². The third kappa shape index (κ3) is 1.78. The second kappa shape index (κ2) is 4.51. The van der Waals surface area contributed by atoms with Gasteiger partial charge < -0.3 is 20.7 Å². The highest BCUT2D eigenvalue weighted by Gasteiger charge is 2.51. The normalized spacial score (nSPS) is 42.6. The second-order valence-corrected chi connectivity index (χ2v) is 6.09. The van der Waals surface area contributed by atoms with Crippen molar-refractivity contribution in [3.63, 3.8) is 0 Å². The number of hydrogen-bond donors (Lipinski definition) is 3. The molecule has 1 unspecified atom stereocenters. The van der Waals surface area contributed by atoms with E-state index in [1.807, 2.05) is 0 Å². The van der Waals surface area contributed by atoms with Gasteiger partial charge in [-0.1, -0.05) is 0 Å². The fourth-order valence-corrected chi connectivity index (χ4v) is 4.27. The average molecular weight is 252 g/mol. The monoisotopic (exact) mass is 252 g/mol. The summed E-state index contributed by atoms with van der Waals surface area (Å²) in [5.41, 5.74) is 6.18. The molecule has 0 aromatic rings. The van der Waals surface area contributed by atoms with Crippen LogP contribution in [0.25, 0.3) is 0 Å². The molecule has 0 spiro atoms. The van der Waals surface area contributed by atoms with Gasteiger partial charge in [0.1, 0.15) is 0 Å². The summed E-state index contributed by atoms with van der Waals surface area (Å²) in [6, 6.07) is -0.0201. The van der Waals surface area contributed by atoms with Crippen molar-refractivity contribution in [1.82, 2.24) is 4.90 Å². The molecule has 0 aromatic carbocycles. The van der Waals surface area contributed by atoms with Crippen LogP contribution in [-0.2, 0) is 4.79 Å². The van der Waals surface area contributed by atoms with Gasteiger partial charge in [-0.3, -0.25) is 4.79 Å². The number of nitrogens with zero attached hydrogens (tertiary/aromatic N) is 1. The van der Waals surface area contributed by atoms with Crippen LogP contribution in [0.1, 0.15) is 32.1 Å². The van der Waals surface area contributed by atoms with Crippen LogP contribution in [0.5, 0.6) is 0 Å². The summed E-state index contributed by atoms with van der Waals surface area (Å²) in [4.78, 5) is 14.2. The maximum atomic E-state index is 12.6. The van der Waals surface area contributed by atoms with E-state index >= 15 is 0 Å². The Balaban J connectivity index is 1.74. The molecule has 18 heavy (non-hydrogen) atoms. The molecule has 1 saturated heterocycles. The number of likely N-dealkylation sites (tertiary alicyclic amines) is 1. The van der Waals surface area contributed by atoms with Crippen molar-refractivity contribution in [2.75, 3.05) is 6.54 Å². The van der Waals surface area contributed by atoms with E-state index in [-0.39, 0.29) is 17.9 Å². The fourth-order valence-electron chi connectivity index (χ4n) is 4.27. The molecule has 2 saturated carbocycles. The summed E-state index contributed by atoms with van der Waals surface area (Å²) >= 11 is 0. The molecule has 0 aromatic heterocycles. The maximum absolute atomic E-state index is 12.6. The maximum Gasteiger partial charge on any atom is 0.475 e. The molecule has 100 valence electrons. The molecule has 4 N–H and O–H groups in total. The molecule has 1 amide bonds. The number of nitrogens with two attached hydrogens (primary N) is 1. The van der Waals surface area contributed by atoms with Crippen molar-refractivity contribution in [2.45, 2.75) is 44.1 Å². The summed E-state index contributed by atoms with van der Waals surface area (Å²) in [5.74, 6) is 0.482. The molecule has 1 heterocycles. The second-order valence-electron chi connectivity index (χ2n) is 6.09. The van der Waals surface area contributed by atoms with Gasteiger partial charge in [-0.05, 0) is 43.9 Å². The Morgan fingerprint density at radius 3 is 2.56 bits per heavy atom. The predicted molar refractivity (Wildman–Crippen MR) is 67.2 cm³/mol. The van der Waals surface area contributed by atoms with E-state index in [0.29, 0.717) is 24.8 Å². The number of carbonyl (C=O) groups is 1. The van der Waals surface area contributed by atoms with E-state index in [9.17, 15) is 14.8 Å². The van der Waals surface area contributed by atoms with Crippen molar-refractivity contribution in [1.29, 1.82) is 0 Å². The first-order chi connectivity index (χ1) is 8.59. The molecule has 3 rings (SSSR count). The quantitative estimate of drug-likeness (QED) is 0.571. The molecule has 3 fully saturated rings. The number of rotatable bonds is 2. The first kappa shape index (κ1) is 12.4. The zero-order valence-electron chi connectivity index (χ0n) is 10.5. The lowest BCUT2D eigenvalue weighted by Gasteiger charge is -2.33. The van der Waals surface area contributed by atoms with E-state index in [2.05, 4.69) is 0 Å². The van der Waals surface area contributed by atoms with Gasteiger partial charge in [0, 0.05) is 12.6 Å². The third-order valence-electron chi connectivity index (χ3n) is 5.19. The van der Waals surface area contributed by atoms with Crippen LogP contribution < -0.4 is 5.73 Å². The van der Waals surface area contributed by atoms with Crippen LogP contribution >= 0.6 is 0 Å². The molecular weight excluding hydrogens is 231 g/mol. The molecule has 5 atom stereocenters. The highest BCUT2D eigenvalue weighted by Crippen LogP contribution is 2.48. The van der Waals surface area contributed by atoms with Gasteiger partial charge in [0.25, 0.3) is 0 Å². The zero-order valence-corrected chi connectivity index (χ0v) is 10.5. The molecule has 1 aliphatic heterocycles. The topological polar surface area (TPSA) is 86.8 Å². The van der Waals surface area contributed by atoms with E-state index in [0.717, 1.165) is 25.7 Å². The minimum absolute atomic E-state index is 0.0201. The van der Waals surface area contributed by atoms with Gasteiger partial charge in [-0.15, -0.1) is 0 Å². The molecule has 5 nitrogen and oxygen atoms in total. The Bertz CT molecular complexity index is 350. The van der Waals surface area contributed by atoms with E-state index in [4.69, 9.17) is 5.73 Å². The Hall–Kier alpha value is -0.585. The lowest BCUT2D eigenvalue weighted by Crippen LogP contribution is -2.52. The lowest BCUT2D eigenvalue weighted by molar-refractivity contribution is -0.137. The van der Waals surface area contributed by atoms with Crippen LogP contribution in [0, 0.1) is 17.8 Å². The van der Waals surface area contributed by atoms with Gasteiger partial charge in [0.15, 0.2) is 0 Å².